The predicted molar refractivity (Wildman–Crippen MR) is 131 cm³/mol. The van der Waals surface area contributed by atoms with Gasteiger partial charge in [0.15, 0.2) is 0 Å². The molecule has 0 saturated heterocycles. The molecule has 0 atom stereocenters. The maximum atomic E-state index is 6.05. The molecule has 0 amide bonds. The first-order valence-corrected chi connectivity index (χ1v) is 11.4. The van der Waals surface area contributed by atoms with Gasteiger partial charge in [-0.2, -0.15) is 0 Å². The van der Waals surface area contributed by atoms with Gasteiger partial charge >= 0.3 is 0 Å². The van der Waals surface area contributed by atoms with Crippen molar-refractivity contribution < 1.29 is 19.0 Å². The molecule has 174 valence electrons. The van der Waals surface area contributed by atoms with Crippen molar-refractivity contribution >= 4 is 6.21 Å². The average molecular weight is 440 g/mol. The number of hydrogen-bond donors (Lipinski definition) is 0. The highest BCUT2D eigenvalue weighted by molar-refractivity contribution is 5.56. The van der Waals surface area contributed by atoms with Crippen molar-refractivity contribution in [1.82, 2.24) is 0 Å². The Kier molecular flexibility index (Phi) is 11.8. The molecule has 0 aromatic heterocycles. The molecule has 0 heterocycles. The lowest BCUT2D eigenvalue weighted by molar-refractivity contribution is 0.214. The molecule has 0 N–H and O–H groups in total. The van der Waals surface area contributed by atoms with Crippen LogP contribution < -0.4 is 14.2 Å². The Hall–Kier alpha value is -2.95. The van der Waals surface area contributed by atoms with Crippen LogP contribution in [-0.2, 0) is 11.3 Å². The van der Waals surface area contributed by atoms with Crippen LogP contribution in [0.5, 0.6) is 17.2 Å². The molecular formula is C27H37NO4. The van der Waals surface area contributed by atoms with E-state index in [1.54, 1.807) is 13.3 Å². The quantitative estimate of drug-likeness (QED) is 0.138. The van der Waals surface area contributed by atoms with E-state index in [1.807, 2.05) is 43.3 Å². The molecule has 0 bridgehead atoms. The molecule has 5 heteroatoms. The normalized spacial score (nSPS) is 11.2. The van der Waals surface area contributed by atoms with E-state index in [0.29, 0.717) is 19.8 Å². The summed E-state index contributed by atoms with van der Waals surface area (Å²) in [4.78, 5) is 4.68. The summed E-state index contributed by atoms with van der Waals surface area (Å²) in [5.74, 6) is 2.77. The van der Waals surface area contributed by atoms with Crippen LogP contribution in [0.1, 0.15) is 49.3 Å². The van der Waals surface area contributed by atoms with Gasteiger partial charge in [-0.1, -0.05) is 29.4 Å². The minimum absolute atomic E-state index is 0.588. The monoisotopic (exact) mass is 439 g/mol. The Labute approximate surface area is 193 Å². The molecule has 0 aliphatic heterocycles. The first-order chi connectivity index (χ1) is 15.6. The number of oxime groups is 1. The Morgan fingerprint density at radius 1 is 0.875 bits per heavy atom. The summed E-state index contributed by atoms with van der Waals surface area (Å²) >= 11 is 0. The molecule has 0 saturated carbocycles. The number of allylic oxidation sites excluding steroid dienone is 1. The number of rotatable bonds is 15. The van der Waals surface area contributed by atoms with Crippen LogP contribution in [0.15, 0.2) is 53.7 Å². The number of benzene rings is 2. The molecule has 5 nitrogen and oxygen atoms in total. The summed E-state index contributed by atoms with van der Waals surface area (Å²) in [6.45, 7) is 8.13. The number of unbranched alkanes of at least 4 members (excludes halogenated alkanes) is 2. The van der Waals surface area contributed by atoms with Crippen LogP contribution in [-0.4, -0.2) is 33.1 Å². The molecule has 2 aromatic rings. The summed E-state index contributed by atoms with van der Waals surface area (Å²) in [5.41, 5.74) is 3.46. The van der Waals surface area contributed by atoms with Crippen molar-refractivity contribution in [3.8, 4) is 17.2 Å². The van der Waals surface area contributed by atoms with E-state index in [9.17, 15) is 0 Å². The number of hydrogen-bond acceptors (Lipinski definition) is 5. The highest BCUT2D eigenvalue weighted by Gasteiger charge is 2.07. The van der Waals surface area contributed by atoms with E-state index < -0.39 is 0 Å². The van der Waals surface area contributed by atoms with Crippen molar-refractivity contribution in [2.45, 2.75) is 52.9 Å². The van der Waals surface area contributed by atoms with Crippen LogP contribution in [0.2, 0.25) is 0 Å². The zero-order valence-corrected chi connectivity index (χ0v) is 19.9. The zero-order valence-electron chi connectivity index (χ0n) is 19.9. The highest BCUT2D eigenvalue weighted by Crippen LogP contribution is 2.28. The standard InChI is InChI=1S/C27H37NO4/c1-5-6-16-31-26-19-22(2)27(23(3)20-26)32-18-9-7-8-17-30-25-14-10-12-24(21-25)13-11-15-28-29-4/h5-6,10,12,14-15,19-21H,7-9,11,13,16-18H2,1-4H3/b6-5+,28-15+. The number of nitrogens with zero attached hydrogens (tertiary/aromatic N) is 1. The van der Waals surface area contributed by atoms with E-state index in [0.717, 1.165) is 60.5 Å². The van der Waals surface area contributed by atoms with Crippen molar-refractivity contribution in [3.05, 3.63) is 65.2 Å². The topological polar surface area (TPSA) is 49.3 Å². The summed E-state index contributed by atoms with van der Waals surface area (Å²) in [7, 11) is 1.55. The maximum Gasteiger partial charge on any atom is 0.125 e. The molecule has 0 aliphatic rings. The average Bonchev–Trinajstić information content (AvgIpc) is 2.78. The van der Waals surface area contributed by atoms with Gasteiger partial charge in [-0.25, -0.2) is 0 Å². The van der Waals surface area contributed by atoms with Crippen molar-refractivity contribution in [2.24, 2.45) is 5.16 Å². The molecule has 0 aliphatic carbocycles. The Morgan fingerprint density at radius 3 is 2.34 bits per heavy atom. The van der Waals surface area contributed by atoms with E-state index >= 15 is 0 Å². The van der Waals surface area contributed by atoms with Gasteiger partial charge < -0.3 is 19.0 Å². The van der Waals surface area contributed by atoms with Crippen LogP contribution in [0.4, 0.5) is 0 Å². The Balaban J connectivity index is 1.65. The fourth-order valence-corrected chi connectivity index (χ4v) is 3.36. The van der Waals surface area contributed by atoms with E-state index in [4.69, 9.17) is 14.2 Å². The van der Waals surface area contributed by atoms with Gasteiger partial charge in [0.05, 0.1) is 13.2 Å². The maximum absolute atomic E-state index is 6.05. The van der Waals surface area contributed by atoms with E-state index in [2.05, 4.69) is 36.0 Å². The van der Waals surface area contributed by atoms with Crippen LogP contribution in [0.25, 0.3) is 0 Å². The summed E-state index contributed by atoms with van der Waals surface area (Å²) in [6, 6.07) is 12.3. The van der Waals surface area contributed by atoms with Gasteiger partial charge in [0.1, 0.15) is 31.0 Å². The fourth-order valence-electron chi connectivity index (χ4n) is 3.36. The smallest absolute Gasteiger partial charge is 0.125 e. The SMILES string of the molecule is C/C=C/COc1cc(C)c(OCCCCCOc2cccc(CC/C=N/OC)c2)c(C)c1. The molecule has 0 radical (unpaired) electrons. The van der Waals surface area contributed by atoms with Crippen molar-refractivity contribution in [3.63, 3.8) is 0 Å². The van der Waals surface area contributed by atoms with Crippen LogP contribution in [0.3, 0.4) is 0 Å². The zero-order chi connectivity index (χ0) is 23.0. The predicted octanol–water partition coefficient (Wildman–Crippen LogP) is 6.45. The molecule has 0 spiro atoms. The molecule has 2 rings (SSSR count). The van der Waals surface area contributed by atoms with Crippen LogP contribution in [0, 0.1) is 13.8 Å². The third kappa shape index (κ3) is 9.46. The van der Waals surface area contributed by atoms with Gasteiger partial charge in [0.2, 0.25) is 0 Å². The molecule has 0 fully saturated rings. The fraction of sp³-hybridized carbons (Fsp3) is 0.444. The lowest BCUT2D eigenvalue weighted by Crippen LogP contribution is -2.03. The highest BCUT2D eigenvalue weighted by atomic mass is 16.6. The Morgan fingerprint density at radius 2 is 1.62 bits per heavy atom. The second-order valence-corrected chi connectivity index (χ2v) is 7.68. The van der Waals surface area contributed by atoms with Gasteiger partial charge in [-0.15, -0.1) is 0 Å². The minimum Gasteiger partial charge on any atom is -0.494 e. The molecule has 0 unspecified atom stereocenters. The Bertz CT molecular complexity index is 837. The first-order valence-electron chi connectivity index (χ1n) is 11.4. The number of ether oxygens (including phenoxy) is 3. The van der Waals surface area contributed by atoms with Gasteiger partial charge in [0, 0.05) is 6.21 Å². The lowest BCUT2D eigenvalue weighted by Gasteiger charge is -2.14. The largest absolute Gasteiger partial charge is 0.494 e. The summed E-state index contributed by atoms with van der Waals surface area (Å²) in [5, 5.41) is 3.77. The second-order valence-electron chi connectivity index (χ2n) is 7.68. The summed E-state index contributed by atoms with van der Waals surface area (Å²) < 4.78 is 17.7. The van der Waals surface area contributed by atoms with Gasteiger partial charge in [-0.3, -0.25) is 0 Å². The van der Waals surface area contributed by atoms with Gasteiger partial charge in [-0.05, 0) is 93.8 Å². The van der Waals surface area contributed by atoms with E-state index in [1.165, 1.54) is 5.56 Å². The lowest BCUT2D eigenvalue weighted by atomic mass is 10.1. The van der Waals surface area contributed by atoms with Crippen LogP contribution >= 0.6 is 0 Å². The van der Waals surface area contributed by atoms with E-state index in [-0.39, 0.29) is 0 Å². The molecule has 2 aromatic carbocycles. The van der Waals surface area contributed by atoms with Gasteiger partial charge in [0.25, 0.3) is 0 Å². The minimum atomic E-state index is 0.588. The second kappa shape index (κ2) is 15.0. The molecule has 32 heavy (non-hydrogen) atoms. The third-order valence-corrected chi connectivity index (χ3v) is 4.96. The van der Waals surface area contributed by atoms with Crippen molar-refractivity contribution in [2.75, 3.05) is 26.9 Å². The first kappa shape index (κ1) is 25.3. The third-order valence-electron chi connectivity index (χ3n) is 4.96. The number of aryl methyl sites for hydroxylation is 3. The molecular weight excluding hydrogens is 402 g/mol. The van der Waals surface area contributed by atoms with Crippen molar-refractivity contribution in [1.29, 1.82) is 0 Å². The summed E-state index contributed by atoms with van der Waals surface area (Å²) in [6.07, 6.45) is 10.6.